The molecular weight excluding hydrogens is 386 g/mol. The fourth-order valence-electron chi connectivity index (χ4n) is 3.94. The molecule has 0 atom stereocenters. The molecule has 1 amide bonds. The molecule has 0 unspecified atom stereocenters. The molecule has 1 fully saturated rings. The zero-order valence-electron chi connectivity index (χ0n) is 17.8. The van der Waals surface area contributed by atoms with Crippen LogP contribution >= 0.6 is 0 Å². The molecule has 2 aromatic carbocycles. The second-order valence-electron chi connectivity index (χ2n) is 8.18. The lowest BCUT2D eigenvalue weighted by Crippen LogP contribution is -3.11. The Hall–Kier alpha value is -3.25. The molecule has 4 rings (SSSR count). The van der Waals surface area contributed by atoms with Crippen molar-refractivity contribution < 1.29 is 9.69 Å². The van der Waals surface area contributed by atoms with Gasteiger partial charge in [-0.2, -0.15) is 0 Å². The monoisotopic (exact) mass is 416 g/mol. The van der Waals surface area contributed by atoms with Crippen LogP contribution in [0.1, 0.15) is 41.6 Å². The predicted molar refractivity (Wildman–Crippen MR) is 121 cm³/mol. The molecular formula is C25H30N5O+. The number of piperidine rings is 1. The van der Waals surface area contributed by atoms with Gasteiger partial charge in [-0.05, 0) is 36.5 Å². The van der Waals surface area contributed by atoms with Gasteiger partial charge in [0.05, 0.1) is 25.8 Å². The van der Waals surface area contributed by atoms with Crippen molar-refractivity contribution in [3.8, 4) is 0 Å². The van der Waals surface area contributed by atoms with Crippen molar-refractivity contribution in [1.29, 1.82) is 0 Å². The molecule has 6 nitrogen and oxygen atoms in total. The van der Waals surface area contributed by atoms with Crippen molar-refractivity contribution in [1.82, 2.24) is 20.3 Å². The summed E-state index contributed by atoms with van der Waals surface area (Å²) in [6.07, 6.45) is 9.09. The Balaban J connectivity index is 1.22. The lowest BCUT2D eigenvalue weighted by Gasteiger charge is -2.23. The Kier molecular flexibility index (Phi) is 7.24. The van der Waals surface area contributed by atoms with Crippen molar-refractivity contribution in [2.24, 2.45) is 0 Å². The minimum atomic E-state index is -0.139. The van der Waals surface area contributed by atoms with Crippen molar-refractivity contribution in [2.75, 3.05) is 13.1 Å². The van der Waals surface area contributed by atoms with Gasteiger partial charge >= 0.3 is 0 Å². The maximum atomic E-state index is 12.2. The number of carbonyl (C=O) groups is 1. The van der Waals surface area contributed by atoms with Crippen molar-refractivity contribution >= 4 is 12.0 Å². The highest BCUT2D eigenvalue weighted by molar-refractivity contribution is 5.91. The SMILES string of the molecule is O=C(/C=C/c1cn(Cc2ccccc2)nn1)NCc1ccc(C[NH+]2CCCCC2)cc1. The second-order valence-corrected chi connectivity index (χ2v) is 8.18. The molecule has 0 saturated carbocycles. The van der Waals surface area contributed by atoms with Gasteiger partial charge in [0, 0.05) is 18.2 Å². The Labute approximate surface area is 183 Å². The van der Waals surface area contributed by atoms with Gasteiger partial charge in [0.25, 0.3) is 0 Å². The number of carbonyl (C=O) groups excluding carboxylic acids is 1. The van der Waals surface area contributed by atoms with Crippen molar-refractivity contribution in [3.63, 3.8) is 0 Å². The number of amides is 1. The highest BCUT2D eigenvalue weighted by Crippen LogP contribution is 2.05. The van der Waals surface area contributed by atoms with Crippen LogP contribution in [0.5, 0.6) is 0 Å². The Bertz CT molecular complexity index is 988. The number of benzene rings is 2. The molecule has 31 heavy (non-hydrogen) atoms. The number of aromatic nitrogens is 3. The second kappa shape index (κ2) is 10.7. The fourth-order valence-corrected chi connectivity index (χ4v) is 3.94. The van der Waals surface area contributed by atoms with Crippen LogP contribution in [0, 0.1) is 0 Å². The van der Waals surface area contributed by atoms with E-state index in [2.05, 4.69) is 39.9 Å². The first kappa shape index (κ1) is 21.0. The minimum absolute atomic E-state index is 0.139. The van der Waals surface area contributed by atoms with Crippen molar-refractivity contribution in [3.05, 3.63) is 89.3 Å². The number of hydrogen-bond acceptors (Lipinski definition) is 3. The number of nitrogens with zero attached hydrogens (tertiary/aromatic N) is 3. The average Bonchev–Trinajstić information content (AvgIpc) is 3.26. The van der Waals surface area contributed by atoms with Crippen LogP contribution in [0.3, 0.4) is 0 Å². The molecule has 1 aliphatic heterocycles. The number of hydrogen-bond donors (Lipinski definition) is 2. The third-order valence-corrected chi connectivity index (χ3v) is 5.65. The van der Waals surface area contributed by atoms with Crippen LogP contribution < -0.4 is 10.2 Å². The van der Waals surface area contributed by atoms with E-state index in [1.54, 1.807) is 15.7 Å². The van der Waals surface area contributed by atoms with E-state index in [0.29, 0.717) is 18.8 Å². The Morgan fingerprint density at radius 2 is 1.71 bits per heavy atom. The van der Waals surface area contributed by atoms with Gasteiger partial charge in [-0.25, -0.2) is 4.68 Å². The van der Waals surface area contributed by atoms with Crippen LogP contribution in [-0.2, 0) is 24.4 Å². The van der Waals surface area contributed by atoms with Crippen LogP contribution in [0.4, 0.5) is 0 Å². The van der Waals surface area contributed by atoms with E-state index >= 15 is 0 Å². The molecule has 0 spiro atoms. The first-order valence-corrected chi connectivity index (χ1v) is 11.1. The maximum Gasteiger partial charge on any atom is 0.244 e. The highest BCUT2D eigenvalue weighted by atomic mass is 16.1. The van der Waals surface area contributed by atoms with E-state index in [9.17, 15) is 4.79 Å². The molecule has 3 aromatic rings. The van der Waals surface area contributed by atoms with E-state index in [1.807, 2.05) is 36.5 Å². The zero-order chi connectivity index (χ0) is 21.3. The predicted octanol–water partition coefficient (Wildman–Crippen LogP) is 2.22. The minimum Gasteiger partial charge on any atom is -0.348 e. The molecule has 1 aromatic heterocycles. The maximum absolute atomic E-state index is 12.2. The number of nitrogens with one attached hydrogen (secondary N) is 2. The zero-order valence-corrected chi connectivity index (χ0v) is 17.8. The summed E-state index contributed by atoms with van der Waals surface area (Å²) in [7, 11) is 0. The van der Waals surface area contributed by atoms with Crippen LogP contribution in [0.2, 0.25) is 0 Å². The van der Waals surface area contributed by atoms with Gasteiger partial charge in [-0.3, -0.25) is 4.79 Å². The molecule has 0 aliphatic carbocycles. The summed E-state index contributed by atoms with van der Waals surface area (Å²) >= 11 is 0. The summed E-state index contributed by atoms with van der Waals surface area (Å²) in [5, 5.41) is 11.2. The summed E-state index contributed by atoms with van der Waals surface area (Å²) in [5.74, 6) is -0.139. The summed E-state index contributed by atoms with van der Waals surface area (Å²) in [5.41, 5.74) is 4.29. The summed E-state index contributed by atoms with van der Waals surface area (Å²) in [6.45, 7) is 4.83. The number of likely N-dealkylation sites (tertiary alicyclic amines) is 1. The van der Waals surface area contributed by atoms with Crippen molar-refractivity contribution in [2.45, 2.75) is 38.9 Å². The van der Waals surface area contributed by atoms with E-state index in [0.717, 1.165) is 17.7 Å². The van der Waals surface area contributed by atoms with E-state index in [1.165, 1.54) is 44.0 Å². The average molecular weight is 417 g/mol. The summed E-state index contributed by atoms with van der Waals surface area (Å²) in [4.78, 5) is 13.8. The first-order valence-electron chi connectivity index (χ1n) is 11.1. The third kappa shape index (κ3) is 6.62. The molecule has 6 heteroatoms. The number of rotatable bonds is 8. The molecule has 160 valence electrons. The summed E-state index contributed by atoms with van der Waals surface area (Å²) < 4.78 is 1.76. The van der Waals surface area contributed by atoms with Gasteiger partial charge in [0.15, 0.2) is 0 Å². The van der Waals surface area contributed by atoms with Crippen LogP contribution in [-0.4, -0.2) is 34.0 Å². The van der Waals surface area contributed by atoms with Gasteiger partial charge in [-0.15, -0.1) is 5.10 Å². The lowest BCUT2D eigenvalue weighted by molar-refractivity contribution is -0.918. The Morgan fingerprint density at radius 1 is 0.968 bits per heavy atom. The fraction of sp³-hybridized carbons (Fsp3) is 0.320. The topological polar surface area (TPSA) is 64.2 Å². The van der Waals surface area contributed by atoms with E-state index < -0.39 is 0 Å². The highest BCUT2D eigenvalue weighted by Gasteiger charge is 2.13. The molecule has 1 saturated heterocycles. The number of quaternary nitrogens is 1. The standard InChI is InChI=1S/C25H29N5O/c31-25(14-13-24-20-30(28-27-24)19-22-7-3-1-4-8-22)26-17-21-9-11-23(12-10-21)18-29-15-5-2-6-16-29/h1,3-4,7-14,20H,2,5-6,15-19H2,(H,26,31)/p+1/b14-13+. The quantitative estimate of drug-likeness (QED) is 0.554. The third-order valence-electron chi connectivity index (χ3n) is 5.65. The lowest BCUT2D eigenvalue weighted by atomic mass is 10.1. The molecule has 0 radical (unpaired) electrons. The van der Waals surface area contributed by atoms with E-state index in [4.69, 9.17) is 0 Å². The largest absolute Gasteiger partial charge is 0.348 e. The van der Waals surface area contributed by atoms with Gasteiger partial charge in [-0.1, -0.05) is 59.8 Å². The van der Waals surface area contributed by atoms with Gasteiger partial charge < -0.3 is 10.2 Å². The smallest absolute Gasteiger partial charge is 0.244 e. The molecule has 1 aliphatic rings. The Morgan fingerprint density at radius 3 is 2.48 bits per heavy atom. The van der Waals surface area contributed by atoms with Crippen LogP contribution in [0.25, 0.3) is 6.08 Å². The normalized spacial score (nSPS) is 14.7. The summed E-state index contributed by atoms with van der Waals surface area (Å²) in [6, 6.07) is 18.7. The molecule has 0 bridgehead atoms. The van der Waals surface area contributed by atoms with Gasteiger partial charge in [0.2, 0.25) is 5.91 Å². The van der Waals surface area contributed by atoms with Gasteiger partial charge in [0.1, 0.15) is 12.2 Å². The van der Waals surface area contributed by atoms with E-state index in [-0.39, 0.29) is 5.91 Å². The van der Waals surface area contributed by atoms with Crippen LogP contribution in [0.15, 0.2) is 66.9 Å². The first-order chi connectivity index (χ1) is 15.2. The molecule has 2 heterocycles. The molecule has 2 N–H and O–H groups in total.